The van der Waals surface area contributed by atoms with Gasteiger partial charge in [-0.15, -0.1) is 0 Å². The highest BCUT2D eigenvalue weighted by molar-refractivity contribution is 5.86. The van der Waals surface area contributed by atoms with Crippen LogP contribution in [0.3, 0.4) is 0 Å². The van der Waals surface area contributed by atoms with Crippen LogP contribution in [0.2, 0.25) is 0 Å². The quantitative estimate of drug-likeness (QED) is 0.388. The van der Waals surface area contributed by atoms with Gasteiger partial charge in [0, 0.05) is 12.5 Å². The van der Waals surface area contributed by atoms with Crippen LogP contribution in [0.15, 0.2) is 72.8 Å². The number of nitrogens with one attached hydrogen (secondary N) is 2. The highest BCUT2D eigenvalue weighted by atomic mass is 16.5. The first-order chi connectivity index (χ1) is 17.4. The SMILES string of the molecule is C[C@H](CO)NC(=O)C[C@H]1CC=CC[C@@H](Cc2ccccc2)C(=O)OC[C@@H](Cc2ccccc2)NC1=O. The monoisotopic (exact) mass is 492 g/mol. The Morgan fingerprint density at radius 2 is 1.56 bits per heavy atom. The average Bonchev–Trinajstić information content (AvgIpc) is 2.88. The van der Waals surface area contributed by atoms with Crippen LogP contribution in [0.25, 0.3) is 0 Å². The number of hydrogen-bond donors (Lipinski definition) is 3. The van der Waals surface area contributed by atoms with Gasteiger partial charge in [0.2, 0.25) is 11.8 Å². The van der Waals surface area contributed by atoms with Crippen LogP contribution in [0.1, 0.15) is 37.3 Å². The molecule has 0 unspecified atom stereocenters. The van der Waals surface area contributed by atoms with E-state index in [1.54, 1.807) is 6.92 Å². The van der Waals surface area contributed by atoms with E-state index in [2.05, 4.69) is 10.6 Å². The normalized spacial score (nSPS) is 21.9. The molecular formula is C29H36N2O5. The number of carbonyl (C=O) groups is 3. The van der Waals surface area contributed by atoms with Gasteiger partial charge < -0.3 is 20.5 Å². The zero-order valence-corrected chi connectivity index (χ0v) is 20.8. The van der Waals surface area contributed by atoms with E-state index in [9.17, 15) is 19.5 Å². The van der Waals surface area contributed by atoms with Gasteiger partial charge >= 0.3 is 5.97 Å². The summed E-state index contributed by atoms with van der Waals surface area (Å²) in [6.45, 7) is 1.58. The summed E-state index contributed by atoms with van der Waals surface area (Å²) in [5.74, 6) is -1.75. The van der Waals surface area contributed by atoms with E-state index >= 15 is 0 Å². The first-order valence-electron chi connectivity index (χ1n) is 12.5. The molecule has 0 aliphatic carbocycles. The fourth-order valence-corrected chi connectivity index (χ4v) is 4.24. The predicted molar refractivity (Wildman–Crippen MR) is 138 cm³/mol. The molecule has 0 bridgehead atoms. The minimum Gasteiger partial charge on any atom is -0.463 e. The van der Waals surface area contributed by atoms with E-state index in [0.717, 1.165) is 11.1 Å². The summed E-state index contributed by atoms with van der Waals surface area (Å²) in [4.78, 5) is 38.7. The van der Waals surface area contributed by atoms with Crippen LogP contribution in [-0.2, 0) is 32.0 Å². The van der Waals surface area contributed by atoms with Crippen molar-refractivity contribution in [3.05, 3.63) is 83.9 Å². The van der Waals surface area contributed by atoms with Gasteiger partial charge in [0.1, 0.15) is 6.61 Å². The lowest BCUT2D eigenvalue weighted by Crippen LogP contribution is -2.45. The number of cyclic esters (lactones) is 1. The van der Waals surface area contributed by atoms with Crippen LogP contribution in [-0.4, -0.2) is 48.2 Å². The molecule has 3 N–H and O–H groups in total. The second kappa shape index (κ2) is 14.2. The summed E-state index contributed by atoms with van der Waals surface area (Å²) in [7, 11) is 0. The van der Waals surface area contributed by atoms with E-state index < -0.39 is 12.0 Å². The van der Waals surface area contributed by atoms with Gasteiger partial charge in [0.15, 0.2) is 0 Å². The van der Waals surface area contributed by atoms with Crippen LogP contribution in [0.4, 0.5) is 0 Å². The van der Waals surface area contributed by atoms with E-state index in [-0.39, 0.29) is 49.4 Å². The van der Waals surface area contributed by atoms with Gasteiger partial charge in [-0.2, -0.15) is 0 Å². The molecule has 0 saturated carbocycles. The van der Waals surface area contributed by atoms with Gasteiger partial charge in [-0.3, -0.25) is 14.4 Å². The summed E-state index contributed by atoms with van der Waals surface area (Å²) in [5, 5.41) is 15.0. The van der Waals surface area contributed by atoms with E-state index in [4.69, 9.17) is 4.74 Å². The summed E-state index contributed by atoms with van der Waals surface area (Å²) in [6.07, 6.45) is 5.69. The first kappa shape index (κ1) is 27.1. The smallest absolute Gasteiger partial charge is 0.309 e. The Morgan fingerprint density at radius 1 is 0.972 bits per heavy atom. The number of rotatable bonds is 8. The van der Waals surface area contributed by atoms with E-state index in [1.165, 1.54) is 0 Å². The number of esters is 1. The Kier molecular flexibility index (Phi) is 10.7. The van der Waals surface area contributed by atoms with Crippen LogP contribution in [0, 0.1) is 11.8 Å². The van der Waals surface area contributed by atoms with Crippen LogP contribution in [0.5, 0.6) is 0 Å². The molecule has 0 radical (unpaired) electrons. The lowest BCUT2D eigenvalue weighted by Gasteiger charge is -2.24. The fourth-order valence-electron chi connectivity index (χ4n) is 4.24. The zero-order valence-electron chi connectivity index (χ0n) is 20.8. The first-order valence-corrected chi connectivity index (χ1v) is 12.5. The van der Waals surface area contributed by atoms with Gasteiger partial charge in [-0.05, 0) is 43.7 Å². The minimum atomic E-state index is -0.576. The fraction of sp³-hybridized carbons (Fsp3) is 0.414. The van der Waals surface area contributed by atoms with Gasteiger partial charge in [0.05, 0.1) is 24.5 Å². The molecule has 7 heteroatoms. The lowest BCUT2D eigenvalue weighted by molar-refractivity contribution is -0.150. The second-order valence-electron chi connectivity index (χ2n) is 9.41. The van der Waals surface area contributed by atoms with Gasteiger partial charge in [-0.25, -0.2) is 0 Å². The maximum Gasteiger partial charge on any atom is 0.309 e. The molecule has 2 amide bonds. The maximum absolute atomic E-state index is 13.2. The number of carbonyl (C=O) groups excluding carboxylic acids is 3. The third-order valence-corrected chi connectivity index (χ3v) is 6.25. The third-order valence-electron chi connectivity index (χ3n) is 6.25. The van der Waals surface area contributed by atoms with E-state index in [1.807, 2.05) is 72.8 Å². The van der Waals surface area contributed by atoms with Gasteiger partial charge in [0.25, 0.3) is 0 Å². The Morgan fingerprint density at radius 3 is 2.17 bits per heavy atom. The van der Waals surface area contributed by atoms with Crippen molar-refractivity contribution >= 4 is 17.8 Å². The van der Waals surface area contributed by atoms with Crippen molar-refractivity contribution in [2.45, 2.75) is 51.1 Å². The van der Waals surface area contributed by atoms with Crippen LogP contribution >= 0.6 is 0 Å². The molecule has 7 nitrogen and oxygen atoms in total. The Bertz CT molecular complexity index is 1010. The predicted octanol–water partition coefficient (Wildman–Crippen LogP) is 2.97. The molecule has 192 valence electrons. The molecule has 0 spiro atoms. The number of aliphatic hydroxyl groups excluding tert-OH is 1. The number of hydrogen-bond acceptors (Lipinski definition) is 5. The van der Waals surface area contributed by atoms with Crippen molar-refractivity contribution in [2.75, 3.05) is 13.2 Å². The molecule has 0 fully saturated rings. The number of aliphatic hydroxyl groups is 1. The molecule has 1 aliphatic heterocycles. The Labute approximate surface area is 212 Å². The van der Waals surface area contributed by atoms with Crippen molar-refractivity contribution in [1.82, 2.24) is 10.6 Å². The van der Waals surface area contributed by atoms with Crippen molar-refractivity contribution in [1.29, 1.82) is 0 Å². The highest BCUT2D eigenvalue weighted by Crippen LogP contribution is 2.19. The molecule has 0 aromatic heterocycles. The summed E-state index contributed by atoms with van der Waals surface area (Å²) >= 11 is 0. The number of allylic oxidation sites excluding steroid dienone is 2. The summed E-state index contributed by atoms with van der Waals surface area (Å²) in [5.41, 5.74) is 2.07. The van der Waals surface area contributed by atoms with Crippen molar-refractivity contribution in [3.63, 3.8) is 0 Å². The number of benzene rings is 2. The Balaban J connectivity index is 1.79. The summed E-state index contributed by atoms with van der Waals surface area (Å²) in [6, 6.07) is 18.7. The molecule has 1 heterocycles. The van der Waals surface area contributed by atoms with Gasteiger partial charge in [-0.1, -0.05) is 72.8 Å². The Hall–Kier alpha value is -3.45. The lowest BCUT2D eigenvalue weighted by atomic mass is 9.94. The largest absolute Gasteiger partial charge is 0.463 e. The standard InChI is InChI=1S/C29H36N2O5/c1-21(19-32)30-27(33)18-24-14-8-9-15-25(16-22-10-4-2-5-11-22)29(35)36-20-26(31-28(24)34)17-23-12-6-3-7-13-23/h2-13,21,24-26,32H,14-20H2,1H3,(H,30,33)(H,31,34)/t21-,24-,25+,26-/m1/s1. The molecule has 2 aromatic rings. The van der Waals surface area contributed by atoms with Crippen LogP contribution < -0.4 is 10.6 Å². The third kappa shape index (κ3) is 8.96. The molecule has 0 saturated heterocycles. The molecule has 36 heavy (non-hydrogen) atoms. The zero-order chi connectivity index (χ0) is 25.8. The summed E-state index contributed by atoms with van der Waals surface area (Å²) < 4.78 is 5.72. The molecule has 2 aromatic carbocycles. The number of amides is 2. The van der Waals surface area contributed by atoms with Crippen molar-refractivity contribution in [2.24, 2.45) is 11.8 Å². The highest BCUT2D eigenvalue weighted by Gasteiger charge is 2.27. The molecule has 3 rings (SSSR count). The molecular weight excluding hydrogens is 456 g/mol. The number of ether oxygens (including phenoxy) is 1. The molecule has 1 aliphatic rings. The molecule has 4 atom stereocenters. The average molecular weight is 493 g/mol. The minimum absolute atomic E-state index is 0.00576. The van der Waals surface area contributed by atoms with Crippen molar-refractivity contribution < 1.29 is 24.2 Å². The van der Waals surface area contributed by atoms with E-state index in [0.29, 0.717) is 25.7 Å². The topological polar surface area (TPSA) is 105 Å². The maximum atomic E-state index is 13.2. The second-order valence-corrected chi connectivity index (χ2v) is 9.41. The van der Waals surface area contributed by atoms with Crippen molar-refractivity contribution in [3.8, 4) is 0 Å².